The summed E-state index contributed by atoms with van der Waals surface area (Å²) in [6.07, 6.45) is 4.97. The summed E-state index contributed by atoms with van der Waals surface area (Å²) in [7, 11) is -3.67. The zero-order valence-electron chi connectivity index (χ0n) is 18.8. The van der Waals surface area contributed by atoms with Gasteiger partial charge in [0.1, 0.15) is 16.4 Å². The molecule has 1 amide bonds. The fraction of sp³-hybridized carbons (Fsp3) is 0.308. The minimum absolute atomic E-state index is 0.0446. The highest BCUT2D eigenvalue weighted by Crippen LogP contribution is 2.42. The second-order valence-electron chi connectivity index (χ2n) is 8.95. The van der Waals surface area contributed by atoms with E-state index in [0.717, 1.165) is 17.1 Å². The summed E-state index contributed by atoms with van der Waals surface area (Å²) >= 11 is 0. The summed E-state index contributed by atoms with van der Waals surface area (Å²) in [4.78, 5) is 19.4. The van der Waals surface area contributed by atoms with E-state index in [4.69, 9.17) is 4.74 Å². The zero-order chi connectivity index (χ0) is 23.6. The van der Waals surface area contributed by atoms with Crippen LogP contribution in [0.1, 0.15) is 24.8 Å². The molecule has 3 aromatic rings. The van der Waals surface area contributed by atoms with Crippen LogP contribution in [0.25, 0.3) is 0 Å². The molecule has 34 heavy (non-hydrogen) atoms. The van der Waals surface area contributed by atoms with Crippen molar-refractivity contribution in [3.8, 4) is 11.5 Å². The molecule has 3 heterocycles. The molecule has 7 nitrogen and oxygen atoms in total. The van der Waals surface area contributed by atoms with Crippen LogP contribution in [0, 0.1) is 5.41 Å². The van der Waals surface area contributed by atoms with Crippen molar-refractivity contribution in [1.82, 2.24) is 14.2 Å². The predicted molar refractivity (Wildman–Crippen MR) is 128 cm³/mol. The number of sulfonamides is 1. The van der Waals surface area contributed by atoms with Crippen LogP contribution in [-0.4, -0.2) is 48.1 Å². The molecular weight excluding hydrogens is 450 g/mol. The highest BCUT2D eigenvalue weighted by atomic mass is 32.2. The molecule has 1 aromatic heterocycles. The maximum atomic E-state index is 13.5. The van der Waals surface area contributed by atoms with Crippen LogP contribution in [0.4, 0.5) is 0 Å². The first-order chi connectivity index (χ1) is 16.5. The lowest BCUT2D eigenvalue weighted by Crippen LogP contribution is -2.49. The number of rotatable bonds is 6. The molecule has 176 valence electrons. The fourth-order valence-electron chi connectivity index (χ4n) is 4.87. The van der Waals surface area contributed by atoms with Gasteiger partial charge in [0.15, 0.2) is 0 Å². The van der Waals surface area contributed by atoms with Gasteiger partial charge in [0.05, 0.1) is 5.41 Å². The number of nitrogens with zero attached hydrogens (tertiary/aromatic N) is 3. The number of carbonyl (C=O) groups excluding carboxylic acids is 1. The van der Waals surface area contributed by atoms with Crippen LogP contribution < -0.4 is 4.74 Å². The first-order valence-corrected chi connectivity index (χ1v) is 12.9. The number of hydrogen-bond acceptors (Lipinski definition) is 5. The summed E-state index contributed by atoms with van der Waals surface area (Å²) in [5, 5.41) is 0. The van der Waals surface area contributed by atoms with Crippen molar-refractivity contribution in [1.29, 1.82) is 0 Å². The number of likely N-dealkylation sites (tertiary alicyclic amines) is 1. The van der Waals surface area contributed by atoms with Gasteiger partial charge in [-0.1, -0.05) is 30.3 Å². The van der Waals surface area contributed by atoms with Crippen molar-refractivity contribution in [3.63, 3.8) is 0 Å². The minimum atomic E-state index is -3.67. The smallest absolute Gasteiger partial charge is 0.244 e. The Morgan fingerprint density at radius 2 is 1.68 bits per heavy atom. The molecule has 0 saturated carbocycles. The average Bonchev–Trinajstić information content (AvgIpc) is 3.16. The van der Waals surface area contributed by atoms with Crippen molar-refractivity contribution < 1.29 is 17.9 Å². The number of piperidine rings is 1. The number of aromatic nitrogens is 1. The van der Waals surface area contributed by atoms with Crippen molar-refractivity contribution in [2.45, 2.75) is 30.7 Å². The predicted octanol–water partition coefficient (Wildman–Crippen LogP) is 4.08. The fourth-order valence-corrected chi connectivity index (χ4v) is 6.40. The zero-order valence-corrected chi connectivity index (χ0v) is 19.7. The minimum Gasteiger partial charge on any atom is -0.457 e. The molecular formula is C26H27N3O4S. The van der Waals surface area contributed by atoms with Crippen LogP contribution >= 0.6 is 0 Å². The van der Waals surface area contributed by atoms with Gasteiger partial charge in [-0.2, -0.15) is 4.31 Å². The molecule has 0 N–H and O–H groups in total. The third-order valence-electron chi connectivity index (χ3n) is 6.69. The maximum absolute atomic E-state index is 13.5. The lowest BCUT2D eigenvalue weighted by Gasteiger charge is -2.38. The second kappa shape index (κ2) is 9.19. The normalized spacial score (nSPS) is 21.2. The summed E-state index contributed by atoms with van der Waals surface area (Å²) in [5.74, 6) is 1.56. The number of pyridine rings is 1. The largest absolute Gasteiger partial charge is 0.457 e. The Kier molecular flexibility index (Phi) is 6.10. The van der Waals surface area contributed by atoms with Crippen LogP contribution in [-0.2, 0) is 21.4 Å². The van der Waals surface area contributed by atoms with Gasteiger partial charge in [0, 0.05) is 38.6 Å². The summed E-state index contributed by atoms with van der Waals surface area (Å²) < 4.78 is 33.5. The number of benzene rings is 2. The Labute approximate surface area is 200 Å². The molecule has 0 radical (unpaired) electrons. The molecule has 1 spiro atoms. The monoisotopic (exact) mass is 477 g/mol. The topological polar surface area (TPSA) is 79.8 Å². The van der Waals surface area contributed by atoms with E-state index in [1.54, 1.807) is 18.3 Å². The van der Waals surface area contributed by atoms with E-state index in [1.165, 1.54) is 10.5 Å². The molecule has 5 rings (SSSR count). The standard InChI is InChI=1S/C26H27N3O4S/c30-25-26(13-5-16-29(20-26)34(31,32)24-8-4-15-27-18-24)14-17-28(25)19-21-9-11-23(12-10-21)33-22-6-2-1-3-7-22/h1-4,6-12,15,18H,5,13-14,16-17,19-20H2. The molecule has 8 heteroatoms. The van der Waals surface area contributed by atoms with Gasteiger partial charge in [0.25, 0.3) is 0 Å². The molecule has 2 fully saturated rings. The van der Waals surface area contributed by atoms with E-state index >= 15 is 0 Å². The molecule has 2 saturated heterocycles. The third kappa shape index (κ3) is 4.43. The molecule has 1 atom stereocenters. The Morgan fingerprint density at radius 1 is 0.912 bits per heavy atom. The first-order valence-electron chi connectivity index (χ1n) is 11.5. The van der Waals surface area contributed by atoms with Gasteiger partial charge in [0.2, 0.25) is 15.9 Å². The lowest BCUT2D eigenvalue weighted by molar-refractivity contribution is -0.138. The molecule has 0 bridgehead atoms. The van der Waals surface area contributed by atoms with E-state index in [-0.39, 0.29) is 17.3 Å². The van der Waals surface area contributed by atoms with Gasteiger partial charge in [-0.15, -0.1) is 0 Å². The number of amides is 1. The van der Waals surface area contributed by atoms with E-state index in [2.05, 4.69) is 4.98 Å². The van der Waals surface area contributed by atoms with Crippen LogP contribution in [0.15, 0.2) is 84.0 Å². The Hall–Kier alpha value is -3.23. The van der Waals surface area contributed by atoms with Crippen LogP contribution in [0.3, 0.4) is 0 Å². The molecule has 2 aliphatic heterocycles. The van der Waals surface area contributed by atoms with E-state index in [0.29, 0.717) is 38.9 Å². The molecule has 2 aliphatic rings. The SMILES string of the molecule is O=C1N(Cc2ccc(Oc3ccccc3)cc2)CCC12CCCN(S(=O)(=O)c1cccnc1)C2. The van der Waals surface area contributed by atoms with Crippen LogP contribution in [0.2, 0.25) is 0 Å². The van der Waals surface area contributed by atoms with Crippen molar-refractivity contribution >= 4 is 15.9 Å². The second-order valence-corrected chi connectivity index (χ2v) is 10.9. The Bertz CT molecular complexity index is 1250. The number of carbonyl (C=O) groups is 1. The van der Waals surface area contributed by atoms with Gasteiger partial charge in [-0.3, -0.25) is 9.78 Å². The molecule has 0 aliphatic carbocycles. The highest BCUT2D eigenvalue weighted by Gasteiger charge is 2.50. The lowest BCUT2D eigenvalue weighted by atomic mass is 9.79. The quantitative estimate of drug-likeness (QED) is 0.535. The molecule has 2 aromatic carbocycles. The van der Waals surface area contributed by atoms with E-state index in [1.807, 2.05) is 59.5 Å². The van der Waals surface area contributed by atoms with E-state index in [9.17, 15) is 13.2 Å². The van der Waals surface area contributed by atoms with Gasteiger partial charge in [-0.05, 0) is 61.2 Å². The van der Waals surface area contributed by atoms with Crippen LogP contribution in [0.5, 0.6) is 11.5 Å². The summed E-state index contributed by atoms with van der Waals surface area (Å²) in [6, 6.07) is 20.5. The van der Waals surface area contributed by atoms with Gasteiger partial charge >= 0.3 is 0 Å². The Morgan fingerprint density at radius 3 is 2.41 bits per heavy atom. The molecule has 1 unspecified atom stereocenters. The van der Waals surface area contributed by atoms with Gasteiger partial charge < -0.3 is 9.64 Å². The third-order valence-corrected chi connectivity index (χ3v) is 8.52. The average molecular weight is 478 g/mol. The number of para-hydroxylation sites is 1. The van der Waals surface area contributed by atoms with Crippen molar-refractivity contribution in [2.24, 2.45) is 5.41 Å². The van der Waals surface area contributed by atoms with Crippen molar-refractivity contribution in [3.05, 3.63) is 84.7 Å². The number of ether oxygens (including phenoxy) is 1. The van der Waals surface area contributed by atoms with Gasteiger partial charge in [-0.25, -0.2) is 8.42 Å². The highest BCUT2D eigenvalue weighted by molar-refractivity contribution is 7.89. The van der Waals surface area contributed by atoms with E-state index < -0.39 is 15.4 Å². The summed E-state index contributed by atoms with van der Waals surface area (Å²) in [6.45, 7) is 1.78. The summed E-state index contributed by atoms with van der Waals surface area (Å²) in [5.41, 5.74) is 0.366. The Balaban J connectivity index is 1.26. The number of hydrogen-bond donors (Lipinski definition) is 0. The maximum Gasteiger partial charge on any atom is 0.244 e. The first kappa shape index (κ1) is 22.6. The van der Waals surface area contributed by atoms with Crippen molar-refractivity contribution in [2.75, 3.05) is 19.6 Å².